The monoisotopic (exact) mass is 222 g/mol. The number of hydrogen-bond acceptors (Lipinski definition) is 1. The minimum atomic E-state index is 0.613. The molecule has 0 radical (unpaired) electrons. The SMILES string of the molecule is Cc1cc2[nH]c(CC(C)C)nc2cc1Cl. The molecule has 0 saturated heterocycles. The Labute approximate surface area is 94.7 Å². The molecule has 0 aliphatic heterocycles. The van der Waals surface area contributed by atoms with Gasteiger partial charge in [0.25, 0.3) is 0 Å². The molecule has 2 aromatic rings. The summed E-state index contributed by atoms with van der Waals surface area (Å²) in [6, 6.07) is 3.97. The Kier molecular flexibility index (Phi) is 2.70. The summed E-state index contributed by atoms with van der Waals surface area (Å²) in [5.41, 5.74) is 3.12. The normalized spacial score (nSPS) is 11.5. The van der Waals surface area contributed by atoms with Crippen LogP contribution in [0.2, 0.25) is 5.02 Å². The van der Waals surface area contributed by atoms with Crippen molar-refractivity contribution >= 4 is 22.6 Å². The molecular weight excluding hydrogens is 208 g/mol. The van der Waals surface area contributed by atoms with Gasteiger partial charge in [0.05, 0.1) is 11.0 Å². The number of fused-ring (bicyclic) bond motifs is 1. The number of imidazole rings is 1. The summed E-state index contributed by atoms with van der Waals surface area (Å²) in [6.45, 7) is 6.38. The van der Waals surface area contributed by atoms with Crippen LogP contribution in [0.15, 0.2) is 12.1 Å². The number of nitrogens with one attached hydrogen (secondary N) is 1. The van der Waals surface area contributed by atoms with E-state index in [9.17, 15) is 0 Å². The summed E-state index contributed by atoms with van der Waals surface area (Å²) in [7, 11) is 0. The Morgan fingerprint density at radius 2 is 2.13 bits per heavy atom. The third-order valence-electron chi connectivity index (χ3n) is 2.41. The van der Waals surface area contributed by atoms with Gasteiger partial charge in [0, 0.05) is 11.4 Å². The fourth-order valence-corrected chi connectivity index (χ4v) is 1.83. The topological polar surface area (TPSA) is 28.7 Å². The first kappa shape index (κ1) is 10.5. The maximum Gasteiger partial charge on any atom is 0.107 e. The summed E-state index contributed by atoms with van der Waals surface area (Å²) < 4.78 is 0. The van der Waals surface area contributed by atoms with E-state index < -0.39 is 0 Å². The first-order chi connectivity index (χ1) is 7.06. The maximum absolute atomic E-state index is 6.05. The van der Waals surface area contributed by atoms with Gasteiger partial charge in [-0.25, -0.2) is 4.98 Å². The molecule has 1 heterocycles. The second-order valence-corrected chi connectivity index (χ2v) is 4.81. The lowest BCUT2D eigenvalue weighted by molar-refractivity contribution is 0.627. The fraction of sp³-hybridized carbons (Fsp3) is 0.417. The highest BCUT2D eigenvalue weighted by atomic mass is 35.5. The van der Waals surface area contributed by atoms with E-state index in [1.165, 1.54) is 0 Å². The van der Waals surface area contributed by atoms with Gasteiger partial charge in [-0.05, 0) is 30.5 Å². The maximum atomic E-state index is 6.05. The molecule has 3 heteroatoms. The van der Waals surface area contributed by atoms with Crippen molar-refractivity contribution in [1.82, 2.24) is 9.97 Å². The first-order valence-electron chi connectivity index (χ1n) is 5.21. The minimum absolute atomic E-state index is 0.613. The summed E-state index contributed by atoms with van der Waals surface area (Å²) >= 11 is 6.05. The molecule has 1 N–H and O–H groups in total. The number of halogens is 1. The molecule has 2 nitrogen and oxygen atoms in total. The van der Waals surface area contributed by atoms with Gasteiger partial charge in [-0.3, -0.25) is 0 Å². The van der Waals surface area contributed by atoms with Gasteiger partial charge >= 0.3 is 0 Å². The molecule has 1 aromatic heterocycles. The molecule has 1 aromatic carbocycles. The second kappa shape index (κ2) is 3.86. The lowest BCUT2D eigenvalue weighted by atomic mass is 10.1. The van der Waals surface area contributed by atoms with E-state index >= 15 is 0 Å². The average Bonchev–Trinajstić information content (AvgIpc) is 2.46. The van der Waals surface area contributed by atoms with Crippen molar-refractivity contribution < 1.29 is 0 Å². The fourth-order valence-electron chi connectivity index (χ4n) is 1.68. The van der Waals surface area contributed by atoms with Gasteiger partial charge in [0.15, 0.2) is 0 Å². The van der Waals surface area contributed by atoms with E-state index in [1.807, 2.05) is 13.0 Å². The van der Waals surface area contributed by atoms with Crippen molar-refractivity contribution in [3.05, 3.63) is 28.5 Å². The summed E-state index contributed by atoms with van der Waals surface area (Å²) in [5.74, 6) is 1.66. The zero-order chi connectivity index (χ0) is 11.0. The molecule has 0 amide bonds. The Morgan fingerprint density at radius 1 is 1.40 bits per heavy atom. The van der Waals surface area contributed by atoms with Gasteiger partial charge in [-0.1, -0.05) is 25.4 Å². The number of aryl methyl sites for hydroxylation is 1. The molecule has 0 saturated carbocycles. The lowest BCUT2D eigenvalue weighted by Gasteiger charge is -1.98. The molecule has 2 rings (SSSR count). The number of aromatic amines is 1. The molecule has 0 unspecified atom stereocenters. The summed E-state index contributed by atoms with van der Waals surface area (Å²) in [4.78, 5) is 7.84. The van der Waals surface area contributed by atoms with E-state index in [1.54, 1.807) is 0 Å². The Balaban J connectivity index is 2.47. The molecule has 0 aliphatic rings. The molecule has 0 fully saturated rings. The Bertz CT molecular complexity index is 447. The molecular formula is C12H15ClN2. The van der Waals surface area contributed by atoms with Crippen LogP contribution in [0.4, 0.5) is 0 Å². The van der Waals surface area contributed by atoms with E-state index in [4.69, 9.17) is 11.6 Å². The number of rotatable bonds is 2. The molecule has 0 atom stereocenters. The van der Waals surface area contributed by atoms with Crippen LogP contribution < -0.4 is 0 Å². The zero-order valence-corrected chi connectivity index (χ0v) is 10.0. The highest BCUT2D eigenvalue weighted by Crippen LogP contribution is 2.22. The van der Waals surface area contributed by atoms with E-state index in [0.717, 1.165) is 33.9 Å². The third kappa shape index (κ3) is 2.15. The number of benzene rings is 1. The van der Waals surface area contributed by atoms with Crippen LogP contribution in [0.5, 0.6) is 0 Å². The van der Waals surface area contributed by atoms with Crippen LogP contribution in [0, 0.1) is 12.8 Å². The van der Waals surface area contributed by atoms with Crippen molar-refractivity contribution in [3.8, 4) is 0 Å². The van der Waals surface area contributed by atoms with Crippen molar-refractivity contribution in [3.63, 3.8) is 0 Å². The Morgan fingerprint density at radius 3 is 2.80 bits per heavy atom. The van der Waals surface area contributed by atoms with Gasteiger partial charge < -0.3 is 4.98 Å². The van der Waals surface area contributed by atoms with Crippen LogP contribution in [0.25, 0.3) is 11.0 Å². The Hall–Kier alpha value is -1.02. The smallest absolute Gasteiger partial charge is 0.107 e. The van der Waals surface area contributed by atoms with Crippen LogP contribution in [0.1, 0.15) is 25.2 Å². The lowest BCUT2D eigenvalue weighted by Crippen LogP contribution is -1.95. The van der Waals surface area contributed by atoms with E-state index in [2.05, 4.69) is 29.9 Å². The highest BCUT2D eigenvalue weighted by Gasteiger charge is 2.06. The number of aromatic nitrogens is 2. The first-order valence-corrected chi connectivity index (χ1v) is 5.59. The van der Waals surface area contributed by atoms with Crippen LogP contribution in [-0.4, -0.2) is 9.97 Å². The van der Waals surface area contributed by atoms with Gasteiger partial charge in [-0.15, -0.1) is 0 Å². The summed E-state index contributed by atoms with van der Waals surface area (Å²) in [6.07, 6.45) is 0.978. The van der Waals surface area contributed by atoms with Gasteiger partial charge in [0.1, 0.15) is 5.82 Å². The van der Waals surface area contributed by atoms with Crippen LogP contribution >= 0.6 is 11.6 Å². The average molecular weight is 223 g/mol. The minimum Gasteiger partial charge on any atom is -0.342 e. The van der Waals surface area contributed by atoms with Gasteiger partial charge in [0.2, 0.25) is 0 Å². The van der Waals surface area contributed by atoms with Crippen LogP contribution in [-0.2, 0) is 6.42 Å². The molecule has 15 heavy (non-hydrogen) atoms. The highest BCUT2D eigenvalue weighted by molar-refractivity contribution is 6.32. The number of hydrogen-bond donors (Lipinski definition) is 1. The molecule has 0 bridgehead atoms. The number of H-pyrrole nitrogens is 1. The van der Waals surface area contributed by atoms with E-state index in [0.29, 0.717) is 5.92 Å². The predicted molar refractivity (Wildman–Crippen MR) is 64.4 cm³/mol. The van der Waals surface area contributed by atoms with Crippen LogP contribution in [0.3, 0.4) is 0 Å². The van der Waals surface area contributed by atoms with Crippen molar-refractivity contribution in [2.75, 3.05) is 0 Å². The van der Waals surface area contributed by atoms with Gasteiger partial charge in [-0.2, -0.15) is 0 Å². The zero-order valence-electron chi connectivity index (χ0n) is 9.26. The van der Waals surface area contributed by atoms with Crippen molar-refractivity contribution in [1.29, 1.82) is 0 Å². The third-order valence-corrected chi connectivity index (χ3v) is 2.82. The largest absolute Gasteiger partial charge is 0.342 e. The molecule has 0 aliphatic carbocycles. The second-order valence-electron chi connectivity index (χ2n) is 4.40. The molecule has 0 spiro atoms. The van der Waals surface area contributed by atoms with E-state index in [-0.39, 0.29) is 0 Å². The molecule has 80 valence electrons. The number of nitrogens with zero attached hydrogens (tertiary/aromatic N) is 1. The standard InChI is InChI=1S/C12H15ClN2/c1-7(2)4-12-14-10-5-8(3)9(13)6-11(10)15-12/h5-7H,4H2,1-3H3,(H,14,15). The van der Waals surface area contributed by atoms with Crippen molar-refractivity contribution in [2.24, 2.45) is 5.92 Å². The van der Waals surface area contributed by atoms with Crippen molar-refractivity contribution in [2.45, 2.75) is 27.2 Å². The predicted octanol–water partition coefficient (Wildman–Crippen LogP) is 3.72. The summed E-state index contributed by atoms with van der Waals surface area (Å²) in [5, 5.41) is 0.782. The quantitative estimate of drug-likeness (QED) is 0.824.